The highest BCUT2D eigenvalue weighted by Gasteiger charge is 2.44. The van der Waals surface area contributed by atoms with Gasteiger partial charge < -0.3 is 9.47 Å². The van der Waals surface area contributed by atoms with Crippen LogP contribution in [0.3, 0.4) is 0 Å². The SMILES string of the molecule is C=C(C)CCOC1(C)CCOC2(CCCCC2)C1. The molecule has 2 aliphatic rings. The quantitative estimate of drug-likeness (QED) is 0.697. The van der Waals surface area contributed by atoms with E-state index >= 15 is 0 Å². The summed E-state index contributed by atoms with van der Waals surface area (Å²) in [4.78, 5) is 0. The van der Waals surface area contributed by atoms with Crippen molar-refractivity contribution >= 4 is 0 Å². The fourth-order valence-corrected chi connectivity index (χ4v) is 3.42. The Hall–Kier alpha value is -0.340. The zero-order valence-corrected chi connectivity index (χ0v) is 12.1. The lowest BCUT2D eigenvalue weighted by Crippen LogP contribution is -2.50. The molecule has 0 N–H and O–H groups in total. The molecule has 1 aliphatic heterocycles. The molecule has 1 atom stereocenters. The van der Waals surface area contributed by atoms with Gasteiger partial charge in [0.25, 0.3) is 0 Å². The maximum atomic E-state index is 6.17. The number of rotatable bonds is 4. The maximum Gasteiger partial charge on any atom is 0.0709 e. The fraction of sp³-hybridized carbons (Fsp3) is 0.875. The Bertz CT molecular complexity index is 286. The molecule has 2 heteroatoms. The van der Waals surface area contributed by atoms with Crippen molar-refractivity contribution in [3.05, 3.63) is 12.2 Å². The molecular weight excluding hydrogens is 224 g/mol. The van der Waals surface area contributed by atoms with Gasteiger partial charge in [0.2, 0.25) is 0 Å². The molecule has 1 spiro atoms. The summed E-state index contributed by atoms with van der Waals surface area (Å²) in [6.07, 6.45) is 9.56. The molecule has 1 saturated carbocycles. The highest BCUT2D eigenvalue weighted by atomic mass is 16.5. The van der Waals surface area contributed by atoms with Crippen LogP contribution in [0.5, 0.6) is 0 Å². The highest BCUT2D eigenvalue weighted by Crippen LogP contribution is 2.43. The van der Waals surface area contributed by atoms with Gasteiger partial charge in [-0.1, -0.05) is 24.8 Å². The van der Waals surface area contributed by atoms with E-state index in [1.807, 2.05) is 0 Å². The fourth-order valence-electron chi connectivity index (χ4n) is 3.42. The van der Waals surface area contributed by atoms with Gasteiger partial charge >= 0.3 is 0 Å². The predicted octanol–water partition coefficient (Wildman–Crippen LogP) is 4.24. The van der Waals surface area contributed by atoms with Crippen molar-refractivity contribution in [3.8, 4) is 0 Å². The van der Waals surface area contributed by atoms with Crippen molar-refractivity contribution in [1.29, 1.82) is 0 Å². The second-order valence-corrected chi connectivity index (χ2v) is 6.52. The molecule has 0 aromatic heterocycles. The summed E-state index contributed by atoms with van der Waals surface area (Å²) in [5.74, 6) is 0. The molecule has 1 unspecified atom stereocenters. The molecule has 18 heavy (non-hydrogen) atoms. The molecular formula is C16H28O2. The molecule has 104 valence electrons. The van der Waals surface area contributed by atoms with Crippen LogP contribution >= 0.6 is 0 Å². The summed E-state index contributed by atoms with van der Waals surface area (Å²) in [5, 5.41) is 0. The van der Waals surface area contributed by atoms with E-state index in [-0.39, 0.29) is 11.2 Å². The van der Waals surface area contributed by atoms with E-state index in [4.69, 9.17) is 9.47 Å². The third kappa shape index (κ3) is 3.58. The normalized spacial score (nSPS) is 31.4. The van der Waals surface area contributed by atoms with Crippen molar-refractivity contribution in [2.75, 3.05) is 13.2 Å². The summed E-state index contributed by atoms with van der Waals surface area (Å²) in [5.41, 5.74) is 1.36. The second-order valence-electron chi connectivity index (χ2n) is 6.52. The molecule has 2 fully saturated rings. The lowest BCUT2D eigenvalue weighted by atomic mass is 9.74. The van der Waals surface area contributed by atoms with Crippen molar-refractivity contribution < 1.29 is 9.47 Å². The van der Waals surface area contributed by atoms with Crippen LogP contribution in [0, 0.1) is 0 Å². The number of hydrogen-bond donors (Lipinski definition) is 0. The molecule has 1 saturated heterocycles. The smallest absolute Gasteiger partial charge is 0.0709 e. The molecule has 2 nitrogen and oxygen atoms in total. The zero-order chi connectivity index (χ0) is 13.1. The third-order valence-corrected chi connectivity index (χ3v) is 4.48. The first-order chi connectivity index (χ1) is 8.54. The summed E-state index contributed by atoms with van der Waals surface area (Å²) in [6.45, 7) is 9.95. The van der Waals surface area contributed by atoms with Crippen molar-refractivity contribution in [2.24, 2.45) is 0 Å². The van der Waals surface area contributed by atoms with Crippen molar-refractivity contribution in [1.82, 2.24) is 0 Å². The molecule has 1 aliphatic carbocycles. The van der Waals surface area contributed by atoms with Crippen LogP contribution in [-0.4, -0.2) is 24.4 Å². The Labute approximate surface area is 112 Å². The molecule has 0 aromatic carbocycles. The monoisotopic (exact) mass is 252 g/mol. The van der Waals surface area contributed by atoms with Gasteiger partial charge in [-0.05, 0) is 39.5 Å². The zero-order valence-electron chi connectivity index (χ0n) is 12.1. The number of ether oxygens (including phenoxy) is 2. The third-order valence-electron chi connectivity index (χ3n) is 4.48. The molecule has 1 heterocycles. The van der Waals surface area contributed by atoms with Gasteiger partial charge in [0.1, 0.15) is 0 Å². The van der Waals surface area contributed by atoms with E-state index < -0.39 is 0 Å². The number of hydrogen-bond acceptors (Lipinski definition) is 2. The molecule has 0 amide bonds. The first-order valence-electron chi connectivity index (χ1n) is 7.46. The van der Waals surface area contributed by atoms with E-state index in [1.54, 1.807) is 0 Å². The minimum atomic E-state index is 0.0189. The van der Waals surface area contributed by atoms with Crippen LogP contribution in [0.4, 0.5) is 0 Å². The van der Waals surface area contributed by atoms with Gasteiger partial charge in [-0.15, -0.1) is 6.58 Å². The maximum absolute atomic E-state index is 6.17. The standard InChI is InChI=1S/C16H28O2/c1-14(2)7-11-17-15(3)10-12-18-16(13-15)8-5-4-6-9-16/h1,4-13H2,2-3H3. The topological polar surface area (TPSA) is 18.5 Å². The van der Waals surface area contributed by atoms with E-state index in [1.165, 1.54) is 37.7 Å². The largest absolute Gasteiger partial charge is 0.375 e. The molecule has 0 aromatic rings. The van der Waals surface area contributed by atoms with Crippen molar-refractivity contribution in [2.45, 2.75) is 76.4 Å². The van der Waals surface area contributed by atoms with E-state index in [0.717, 1.165) is 32.5 Å². The van der Waals surface area contributed by atoms with Gasteiger partial charge in [0.05, 0.1) is 24.4 Å². The van der Waals surface area contributed by atoms with Crippen molar-refractivity contribution in [3.63, 3.8) is 0 Å². The van der Waals surface area contributed by atoms with Crippen LogP contribution in [0.25, 0.3) is 0 Å². The summed E-state index contributed by atoms with van der Waals surface area (Å²) >= 11 is 0. The average Bonchev–Trinajstić information content (AvgIpc) is 2.28. The van der Waals surface area contributed by atoms with Gasteiger partial charge in [0.15, 0.2) is 0 Å². The van der Waals surface area contributed by atoms with Crippen LogP contribution in [0.15, 0.2) is 12.2 Å². The minimum Gasteiger partial charge on any atom is -0.375 e. The van der Waals surface area contributed by atoms with Gasteiger partial charge in [-0.2, -0.15) is 0 Å². The highest BCUT2D eigenvalue weighted by molar-refractivity contribution is 4.96. The first kappa shape index (κ1) is 14.1. The van der Waals surface area contributed by atoms with E-state index in [0.29, 0.717) is 0 Å². The Morgan fingerprint density at radius 2 is 1.94 bits per heavy atom. The van der Waals surface area contributed by atoms with Crippen LogP contribution < -0.4 is 0 Å². The van der Waals surface area contributed by atoms with Gasteiger partial charge in [-0.25, -0.2) is 0 Å². The van der Waals surface area contributed by atoms with E-state index in [9.17, 15) is 0 Å². The lowest BCUT2D eigenvalue weighted by molar-refractivity contribution is -0.185. The van der Waals surface area contributed by atoms with E-state index in [2.05, 4.69) is 20.4 Å². The van der Waals surface area contributed by atoms with Crippen LogP contribution in [0.2, 0.25) is 0 Å². The van der Waals surface area contributed by atoms with Crippen LogP contribution in [-0.2, 0) is 9.47 Å². The first-order valence-corrected chi connectivity index (χ1v) is 7.46. The predicted molar refractivity (Wildman–Crippen MR) is 74.8 cm³/mol. The van der Waals surface area contributed by atoms with Gasteiger partial charge in [0, 0.05) is 6.42 Å². The molecule has 2 rings (SSSR count). The lowest BCUT2D eigenvalue weighted by Gasteiger charge is -2.48. The average molecular weight is 252 g/mol. The minimum absolute atomic E-state index is 0.0189. The second kappa shape index (κ2) is 5.75. The molecule has 0 radical (unpaired) electrons. The Morgan fingerprint density at radius 3 is 2.61 bits per heavy atom. The van der Waals surface area contributed by atoms with Gasteiger partial charge in [-0.3, -0.25) is 0 Å². The molecule has 0 bridgehead atoms. The van der Waals surface area contributed by atoms with Crippen LogP contribution in [0.1, 0.15) is 65.2 Å². The summed E-state index contributed by atoms with van der Waals surface area (Å²) in [7, 11) is 0. The Morgan fingerprint density at radius 1 is 1.22 bits per heavy atom. The summed E-state index contributed by atoms with van der Waals surface area (Å²) in [6, 6.07) is 0. The summed E-state index contributed by atoms with van der Waals surface area (Å²) < 4.78 is 12.3. The Balaban J connectivity index is 1.89. The Kier molecular flexibility index (Phi) is 4.50.